The number of hydrogen-bond acceptors (Lipinski definition) is 10. The maximum absolute atomic E-state index is 13.2. The van der Waals surface area contributed by atoms with Gasteiger partial charge in [0.05, 0.1) is 58.2 Å². The number of benzene rings is 1. The van der Waals surface area contributed by atoms with Crippen molar-refractivity contribution in [1.82, 2.24) is 5.32 Å². The van der Waals surface area contributed by atoms with Gasteiger partial charge in [0.15, 0.2) is 11.5 Å². The normalized spacial score (nSPS) is 15.3. The highest BCUT2D eigenvalue weighted by molar-refractivity contribution is 6.06. The topological polar surface area (TPSA) is 119 Å². The lowest BCUT2D eigenvalue weighted by Gasteiger charge is -2.31. The monoisotopic (exact) mass is 477 g/mol. The molecule has 186 valence electrons. The van der Waals surface area contributed by atoms with Gasteiger partial charge in [-0.3, -0.25) is 0 Å². The quantitative estimate of drug-likeness (QED) is 0.398. The van der Waals surface area contributed by atoms with Crippen molar-refractivity contribution < 1.29 is 42.8 Å². The van der Waals surface area contributed by atoms with Crippen molar-refractivity contribution in [2.45, 2.75) is 33.6 Å². The van der Waals surface area contributed by atoms with Crippen molar-refractivity contribution in [2.75, 3.05) is 41.2 Å². The van der Waals surface area contributed by atoms with E-state index in [0.29, 0.717) is 28.5 Å². The van der Waals surface area contributed by atoms with E-state index in [9.17, 15) is 14.4 Å². The first-order valence-corrected chi connectivity index (χ1v) is 10.8. The van der Waals surface area contributed by atoms with Crippen molar-refractivity contribution in [3.05, 3.63) is 40.2 Å². The summed E-state index contributed by atoms with van der Waals surface area (Å²) in [6, 6.07) is 3.21. The van der Waals surface area contributed by atoms with Crippen LogP contribution in [0.3, 0.4) is 0 Å². The van der Waals surface area contributed by atoms with Crippen LogP contribution in [0.15, 0.2) is 34.7 Å². The standard InChI is InChI=1S/C24H31NO9/c1-8-32-22(26)17-13(4)25-20(24(28)34-10-3)19(23(27)33-9-2)18(17)14-11-15(29-5)21(31-7)16(12-14)30-6/h11-12,18,25H,8-10H2,1-7H3. The second kappa shape index (κ2) is 12.0. The Balaban J connectivity index is 2.92. The van der Waals surface area contributed by atoms with Crippen LogP contribution in [-0.4, -0.2) is 59.1 Å². The van der Waals surface area contributed by atoms with E-state index < -0.39 is 23.8 Å². The number of carbonyl (C=O) groups excluding carboxylic acids is 3. The van der Waals surface area contributed by atoms with Crippen molar-refractivity contribution in [1.29, 1.82) is 0 Å². The van der Waals surface area contributed by atoms with Gasteiger partial charge < -0.3 is 33.7 Å². The molecule has 0 spiro atoms. The van der Waals surface area contributed by atoms with Crippen LogP contribution in [0.1, 0.15) is 39.2 Å². The van der Waals surface area contributed by atoms with Gasteiger partial charge in [0.1, 0.15) is 5.70 Å². The Labute approximate surface area is 198 Å². The van der Waals surface area contributed by atoms with Crippen LogP contribution in [0.2, 0.25) is 0 Å². The highest BCUT2D eigenvalue weighted by Crippen LogP contribution is 2.46. The second-order valence-electron chi connectivity index (χ2n) is 7.01. The molecule has 0 saturated carbocycles. The number of ether oxygens (including phenoxy) is 6. The molecule has 10 heteroatoms. The Bertz CT molecular complexity index is 985. The maximum Gasteiger partial charge on any atom is 0.355 e. The largest absolute Gasteiger partial charge is 0.493 e. The second-order valence-corrected chi connectivity index (χ2v) is 7.01. The fourth-order valence-electron chi connectivity index (χ4n) is 3.70. The SMILES string of the molecule is CCOC(=O)C1=C(C(=O)OCC)C(c2cc(OC)c(OC)c(OC)c2)C(C(=O)OCC)=C(C)N1. The molecule has 0 aliphatic carbocycles. The molecule has 1 aliphatic heterocycles. The molecule has 34 heavy (non-hydrogen) atoms. The summed E-state index contributed by atoms with van der Waals surface area (Å²) in [5.74, 6) is -2.32. The molecular weight excluding hydrogens is 446 g/mol. The summed E-state index contributed by atoms with van der Waals surface area (Å²) in [6.45, 7) is 6.82. The van der Waals surface area contributed by atoms with Gasteiger partial charge in [-0.15, -0.1) is 0 Å². The first kappa shape index (κ1) is 26.6. The average molecular weight is 478 g/mol. The molecule has 0 radical (unpaired) electrons. The van der Waals surface area contributed by atoms with Crippen molar-refractivity contribution in [2.24, 2.45) is 0 Å². The number of methoxy groups -OCH3 is 3. The van der Waals surface area contributed by atoms with Crippen molar-refractivity contribution >= 4 is 17.9 Å². The summed E-state index contributed by atoms with van der Waals surface area (Å²) in [5.41, 5.74) is 0.664. The Morgan fingerprint density at radius 3 is 1.68 bits per heavy atom. The van der Waals surface area contributed by atoms with Gasteiger partial charge in [-0.25, -0.2) is 14.4 Å². The maximum atomic E-state index is 13.2. The van der Waals surface area contributed by atoms with Gasteiger partial charge in [-0.05, 0) is 45.4 Å². The number of carbonyl (C=O) groups is 3. The lowest BCUT2D eigenvalue weighted by molar-refractivity contribution is -0.143. The molecule has 0 saturated heterocycles. The van der Waals surface area contributed by atoms with E-state index in [2.05, 4.69) is 5.32 Å². The number of esters is 3. The van der Waals surface area contributed by atoms with Crippen LogP contribution in [0, 0.1) is 0 Å². The first-order valence-electron chi connectivity index (χ1n) is 10.8. The number of allylic oxidation sites excluding steroid dienone is 1. The van der Waals surface area contributed by atoms with Gasteiger partial charge in [-0.1, -0.05) is 0 Å². The van der Waals surface area contributed by atoms with Crippen LogP contribution in [0.5, 0.6) is 17.2 Å². The zero-order valence-corrected chi connectivity index (χ0v) is 20.5. The van der Waals surface area contributed by atoms with Gasteiger partial charge in [0.25, 0.3) is 0 Å². The molecular formula is C24H31NO9. The molecule has 1 aliphatic rings. The third-order valence-corrected chi connectivity index (χ3v) is 5.05. The number of hydrogen-bond donors (Lipinski definition) is 1. The predicted molar refractivity (Wildman–Crippen MR) is 122 cm³/mol. The first-order chi connectivity index (χ1) is 16.3. The summed E-state index contributed by atoms with van der Waals surface area (Å²) in [4.78, 5) is 39.1. The van der Waals surface area contributed by atoms with Crippen LogP contribution < -0.4 is 19.5 Å². The van der Waals surface area contributed by atoms with Gasteiger partial charge in [-0.2, -0.15) is 0 Å². The number of dihydropyridines is 1. The molecule has 0 fully saturated rings. The van der Waals surface area contributed by atoms with E-state index in [1.54, 1.807) is 39.8 Å². The summed E-state index contributed by atoms with van der Waals surface area (Å²) in [5, 5.41) is 2.86. The third-order valence-electron chi connectivity index (χ3n) is 5.05. The Hall–Kier alpha value is -3.69. The van der Waals surface area contributed by atoms with Gasteiger partial charge in [0.2, 0.25) is 5.75 Å². The van der Waals surface area contributed by atoms with Crippen LogP contribution in [0.4, 0.5) is 0 Å². The Kier molecular flexibility index (Phi) is 9.35. The number of nitrogens with one attached hydrogen (secondary N) is 1. The van der Waals surface area contributed by atoms with Crippen LogP contribution >= 0.6 is 0 Å². The van der Waals surface area contributed by atoms with Gasteiger partial charge in [0, 0.05) is 5.70 Å². The van der Waals surface area contributed by atoms with Crippen LogP contribution in [0.25, 0.3) is 0 Å². The molecule has 1 aromatic carbocycles. The molecule has 1 N–H and O–H groups in total. The lowest BCUT2D eigenvalue weighted by atomic mass is 9.80. The van der Waals surface area contributed by atoms with E-state index in [0.717, 1.165) is 0 Å². The lowest BCUT2D eigenvalue weighted by Crippen LogP contribution is -2.36. The minimum Gasteiger partial charge on any atom is -0.493 e. The highest BCUT2D eigenvalue weighted by Gasteiger charge is 2.42. The predicted octanol–water partition coefficient (Wildman–Crippen LogP) is 2.62. The van der Waals surface area contributed by atoms with E-state index in [1.165, 1.54) is 21.3 Å². The fourth-order valence-corrected chi connectivity index (χ4v) is 3.70. The van der Waals surface area contributed by atoms with E-state index in [1.807, 2.05) is 0 Å². The molecule has 1 unspecified atom stereocenters. The molecule has 1 atom stereocenters. The van der Waals surface area contributed by atoms with E-state index in [4.69, 9.17) is 28.4 Å². The van der Waals surface area contributed by atoms with E-state index in [-0.39, 0.29) is 36.7 Å². The summed E-state index contributed by atoms with van der Waals surface area (Å²) >= 11 is 0. The smallest absolute Gasteiger partial charge is 0.355 e. The molecule has 2 rings (SSSR count). The molecule has 0 aromatic heterocycles. The summed E-state index contributed by atoms with van der Waals surface area (Å²) in [7, 11) is 4.35. The van der Waals surface area contributed by atoms with Crippen LogP contribution in [-0.2, 0) is 28.6 Å². The zero-order chi connectivity index (χ0) is 25.4. The molecule has 1 heterocycles. The minimum absolute atomic E-state index is 0.0534. The molecule has 0 bridgehead atoms. The minimum atomic E-state index is -1.05. The Morgan fingerprint density at radius 2 is 1.24 bits per heavy atom. The zero-order valence-electron chi connectivity index (χ0n) is 20.5. The number of rotatable bonds is 10. The van der Waals surface area contributed by atoms with E-state index >= 15 is 0 Å². The summed E-state index contributed by atoms with van der Waals surface area (Å²) in [6.07, 6.45) is 0. The average Bonchev–Trinajstić information content (AvgIpc) is 2.82. The molecule has 1 aromatic rings. The fraction of sp³-hybridized carbons (Fsp3) is 0.458. The molecule has 10 nitrogen and oxygen atoms in total. The highest BCUT2D eigenvalue weighted by atomic mass is 16.5. The van der Waals surface area contributed by atoms with Crippen molar-refractivity contribution in [3.63, 3.8) is 0 Å². The Morgan fingerprint density at radius 1 is 0.765 bits per heavy atom. The third kappa shape index (κ3) is 5.27. The summed E-state index contributed by atoms with van der Waals surface area (Å²) < 4.78 is 32.0. The van der Waals surface area contributed by atoms with Crippen molar-refractivity contribution in [3.8, 4) is 17.2 Å². The van der Waals surface area contributed by atoms with Gasteiger partial charge >= 0.3 is 17.9 Å². The molecule has 0 amide bonds.